The van der Waals surface area contributed by atoms with Crippen LogP contribution in [0, 0.1) is 5.95 Å². The van der Waals surface area contributed by atoms with Crippen LogP contribution in [0.3, 0.4) is 0 Å². The second-order valence-electron chi connectivity index (χ2n) is 9.49. The van der Waals surface area contributed by atoms with Gasteiger partial charge in [-0.15, -0.1) is 10.2 Å². The van der Waals surface area contributed by atoms with Gasteiger partial charge in [-0.25, -0.2) is 4.98 Å². The third-order valence-corrected chi connectivity index (χ3v) is 7.15. The number of rotatable bonds is 6. The number of phenolic OH excluding ortho intramolecular Hbond substituents is 1. The molecule has 0 unspecified atom stereocenters. The van der Waals surface area contributed by atoms with Crippen LogP contribution in [-0.4, -0.2) is 56.5 Å². The second-order valence-corrected chi connectivity index (χ2v) is 9.49. The summed E-state index contributed by atoms with van der Waals surface area (Å²) in [6.07, 6.45) is 8.95. The van der Waals surface area contributed by atoms with E-state index >= 15 is 0 Å². The molecule has 0 amide bonds. The standard InChI is InChI=1S/C25H27FN6O2/c1-34-24-10-15(9-22(26)29-24)14-2-7-20(21(33)8-14)25-27-13-23(30-31-25)32(18-5-6-18)19-11-16-3-4-17(12-19)28-16/h2,7-10,13,16-19,28,33H,3-6,11-12H2,1H3/t16-,17+,19-. The Morgan fingerprint density at radius 2 is 1.79 bits per heavy atom. The first-order chi connectivity index (χ1) is 16.6. The van der Waals surface area contributed by atoms with E-state index in [0.717, 1.165) is 18.7 Å². The summed E-state index contributed by atoms with van der Waals surface area (Å²) in [4.78, 5) is 10.6. The van der Waals surface area contributed by atoms with E-state index in [1.807, 2.05) is 0 Å². The fourth-order valence-electron chi connectivity index (χ4n) is 5.43. The SMILES string of the molecule is COc1cc(-c2ccc(-c3ncc(N(C4CC4)[C@@H]4C[C@H]5CC[C@@H](C4)N5)nn3)c(O)c2)cc(F)n1. The van der Waals surface area contributed by atoms with Crippen LogP contribution in [0.15, 0.2) is 36.5 Å². The van der Waals surface area contributed by atoms with Gasteiger partial charge in [-0.05, 0) is 61.8 Å². The molecule has 1 aromatic carbocycles. The molecule has 6 rings (SSSR count). The molecular weight excluding hydrogens is 435 g/mol. The number of aromatic hydroxyl groups is 1. The Balaban J connectivity index is 1.25. The molecule has 3 atom stereocenters. The van der Waals surface area contributed by atoms with E-state index in [-0.39, 0.29) is 11.6 Å². The number of piperidine rings is 1. The summed E-state index contributed by atoms with van der Waals surface area (Å²) in [7, 11) is 1.43. The molecule has 3 fully saturated rings. The van der Waals surface area contributed by atoms with Crippen molar-refractivity contribution in [1.82, 2.24) is 25.5 Å². The van der Waals surface area contributed by atoms with Crippen molar-refractivity contribution in [3.05, 3.63) is 42.5 Å². The lowest BCUT2D eigenvalue weighted by molar-refractivity contribution is 0.343. The van der Waals surface area contributed by atoms with Gasteiger partial charge >= 0.3 is 0 Å². The largest absolute Gasteiger partial charge is 0.507 e. The van der Waals surface area contributed by atoms with Crippen LogP contribution in [0.25, 0.3) is 22.5 Å². The molecule has 8 nitrogen and oxygen atoms in total. The molecule has 4 heterocycles. The quantitative estimate of drug-likeness (QED) is 0.536. The molecule has 3 aliphatic rings. The van der Waals surface area contributed by atoms with E-state index < -0.39 is 5.95 Å². The molecule has 176 valence electrons. The van der Waals surface area contributed by atoms with Gasteiger partial charge in [0.25, 0.3) is 0 Å². The van der Waals surface area contributed by atoms with Gasteiger partial charge in [0.1, 0.15) is 5.75 Å². The number of hydrogen-bond acceptors (Lipinski definition) is 8. The minimum atomic E-state index is -0.650. The summed E-state index contributed by atoms with van der Waals surface area (Å²) in [6, 6.07) is 10.2. The Bertz CT molecular complexity index is 1190. The van der Waals surface area contributed by atoms with Crippen LogP contribution in [0.5, 0.6) is 11.6 Å². The number of methoxy groups -OCH3 is 1. The predicted octanol–water partition coefficient (Wildman–Crippen LogP) is 3.71. The number of pyridine rings is 1. The molecule has 2 saturated heterocycles. The number of benzene rings is 1. The highest BCUT2D eigenvalue weighted by molar-refractivity contribution is 5.73. The topological polar surface area (TPSA) is 96.3 Å². The highest BCUT2D eigenvalue weighted by atomic mass is 19.1. The number of nitrogens with one attached hydrogen (secondary N) is 1. The number of aromatic nitrogens is 4. The molecule has 0 spiro atoms. The molecule has 2 N–H and O–H groups in total. The van der Waals surface area contributed by atoms with Crippen LogP contribution in [0.2, 0.25) is 0 Å². The van der Waals surface area contributed by atoms with Crippen LogP contribution >= 0.6 is 0 Å². The maximum absolute atomic E-state index is 13.8. The summed E-state index contributed by atoms with van der Waals surface area (Å²) in [6.45, 7) is 0. The first kappa shape index (κ1) is 21.2. The van der Waals surface area contributed by atoms with Gasteiger partial charge in [0.2, 0.25) is 11.8 Å². The summed E-state index contributed by atoms with van der Waals surface area (Å²) >= 11 is 0. The van der Waals surface area contributed by atoms with Gasteiger partial charge in [0, 0.05) is 36.3 Å². The van der Waals surface area contributed by atoms with Crippen molar-refractivity contribution in [3.8, 4) is 34.1 Å². The van der Waals surface area contributed by atoms with Crippen molar-refractivity contribution in [2.45, 2.75) is 62.7 Å². The first-order valence-electron chi connectivity index (χ1n) is 11.9. The number of ether oxygens (including phenoxy) is 1. The Labute approximate surface area is 197 Å². The number of phenols is 1. The summed E-state index contributed by atoms with van der Waals surface area (Å²) in [5.74, 6) is 0.685. The van der Waals surface area contributed by atoms with Crippen molar-refractivity contribution in [2.75, 3.05) is 12.0 Å². The lowest BCUT2D eigenvalue weighted by Crippen LogP contribution is -2.49. The summed E-state index contributed by atoms with van der Waals surface area (Å²) in [5, 5.41) is 23.3. The van der Waals surface area contributed by atoms with Crippen LogP contribution in [0.1, 0.15) is 38.5 Å². The van der Waals surface area contributed by atoms with Crippen molar-refractivity contribution in [2.24, 2.45) is 0 Å². The third kappa shape index (κ3) is 4.04. The molecular formula is C25H27FN6O2. The Kier molecular flexibility index (Phi) is 5.28. The number of fused-ring (bicyclic) bond motifs is 2. The number of anilines is 1. The fourth-order valence-corrected chi connectivity index (χ4v) is 5.43. The van der Waals surface area contributed by atoms with Crippen LogP contribution < -0.4 is 15.0 Å². The number of hydrogen-bond donors (Lipinski definition) is 2. The highest BCUT2D eigenvalue weighted by Crippen LogP contribution is 2.39. The zero-order valence-corrected chi connectivity index (χ0v) is 19.0. The Hall–Kier alpha value is -3.33. The Morgan fingerprint density at radius 1 is 1.00 bits per heavy atom. The molecule has 9 heteroatoms. The molecule has 34 heavy (non-hydrogen) atoms. The highest BCUT2D eigenvalue weighted by Gasteiger charge is 2.41. The minimum absolute atomic E-state index is 0.00258. The van der Waals surface area contributed by atoms with E-state index in [1.54, 1.807) is 30.5 Å². The maximum atomic E-state index is 13.8. The lowest BCUT2D eigenvalue weighted by Gasteiger charge is -2.38. The van der Waals surface area contributed by atoms with E-state index in [4.69, 9.17) is 4.74 Å². The monoisotopic (exact) mass is 462 g/mol. The first-order valence-corrected chi connectivity index (χ1v) is 11.9. The van der Waals surface area contributed by atoms with Crippen LogP contribution in [-0.2, 0) is 0 Å². The minimum Gasteiger partial charge on any atom is -0.507 e. The van der Waals surface area contributed by atoms with E-state index in [1.165, 1.54) is 38.9 Å². The zero-order valence-electron chi connectivity index (χ0n) is 19.0. The number of halogens is 1. The van der Waals surface area contributed by atoms with Crippen LogP contribution in [0.4, 0.5) is 10.2 Å². The van der Waals surface area contributed by atoms with Crippen molar-refractivity contribution in [1.29, 1.82) is 0 Å². The van der Waals surface area contributed by atoms with Gasteiger partial charge < -0.3 is 20.1 Å². The normalized spacial score (nSPS) is 23.6. The zero-order chi connectivity index (χ0) is 23.2. The molecule has 0 radical (unpaired) electrons. The summed E-state index contributed by atoms with van der Waals surface area (Å²) < 4.78 is 18.8. The van der Waals surface area contributed by atoms with E-state index in [0.29, 0.717) is 46.7 Å². The molecule has 2 aliphatic heterocycles. The third-order valence-electron chi connectivity index (χ3n) is 7.15. The molecule has 2 aromatic heterocycles. The van der Waals surface area contributed by atoms with Gasteiger partial charge in [0.15, 0.2) is 11.6 Å². The van der Waals surface area contributed by atoms with E-state index in [2.05, 4.69) is 30.4 Å². The van der Waals surface area contributed by atoms with Gasteiger partial charge in [-0.3, -0.25) is 0 Å². The van der Waals surface area contributed by atoms with Gasteiger partial charge in [-0.1, -0.05) is 6.07 Å². The summed E-state index contributed by atoms with van der Waals surface area (Å²) in [5.41, 5.74) is 1.66. The van der Waals surface area contributed by atoms with Gasteiger partial charge in [-0.2, -0.15) is 9.37 Å². The molecule has 2 bridgehead atoms. The predicted molar refractivity (Wildman–Crippen MR) is 125 cm³/mol. The fraction of sp³-hybridized carbons (Fsp3) is 0.440. The second kappa shape index (κ2) is 8.47. The maximum Gasteiger partial charge on any atom is 0.216 e. The average molecular weight is 463 g/mol. The average Bonchev–Trinajstić information content (AvgIpc) is 3.62. The lowest BCUT2D eigenvalue weighted by atomic mass is 9.98. The Morgan fingerprint density at radius 3 is 2.44 bits per heavy atom. The molecule has 1 saturated carbocycles. The number of nitrogens with zero attached hydrogens (tertiary/aromatic N) is 5. The van der Waals surface area contributed by atoms with Crippen molar-refractivity contribution < 1.29 is 14.2 Å². The van der Waals surface area contributed by atoms with Crippen molar-refractivity contribution >= 4 is 5.82 Å². The smallest absolute Gasteiger partial charge is 0.216 e. The van der Waals surface area contributed by atoms with Crippen molar-refractivity contribution in [3.63, 3.8) is 0 Å². The molecule has 3 aromatic rings. The van der Waals surface area contributed by atoms with Gasteiger partial charge in [0.05, 0.1) is 18.9 Å². The molecule has 1 aliphatic carbocycles. The van der Waals surface area contributed by atoms with E-state index in [9.17, 15) is 9.50 Å².